The lowest BCUT2D eigenvalue weighted by atomic mass is 9.70. The Morgan fingerprint density at radius 2 is 1.85 bits per heavy atom. The zero-order chi connectivity index (χ0) is 22.7. The number of carbonyl (C=O) groups excluding carboxylic acids is 2. The van der Waals surface area contributed by atoms with Gasteiger partial charge in [0.2, 0.25) is 5.88 Å². The van der Waals surface area contributed by atoms with Crippen molar-refractivity contribution in [2.75, 3.05) is 26.7 Å². The number of hydrogen-bond donors (Lipinski definition) is 0. The summed E-state index contributed by atoms with van der Waals surface area (Å²) in [6.45, 7) is 2.37. The van der Waals surface area contributed by atoms with Crippen molar-refractivity contribution in [1.82, 2.24) is 19.8 Å². The lowest BCUT2D eigenvalue weighted by molar-refractivity contribution is 0.0271. The molecule has 0 spiro atoms. The van der Waals surface area contributed by atoms with Gasteiger partial charge in [-0.15, -0.1) is 0 Å². The minimum absolute atomic E-state index is 0.0585. The first kappa shape index (κ1) is 20.2. The van der Waals surface area contributed by atoms with E-state index in [-0.39, 0.29) is 29.6 Å². The molecule has 168 valence electrons. The van der Waals surface area contributed by atoms with Gasteiger partial charge in [0.05, 0.1) is 35.5 Å². The minimum Gasteiger partial charge on any atom is -0.481 e. The molecule has 4 heterocycles. The molecule has 8 heteroatoms. The van der Waals surface area contributed by atoms with E-state index in [1.165, 1.54) is 18.2 Å². The molecule has 0 N–H and O–H groups in total. The summed E-state index contributed by atoms with van der Waals surface area (Å²) in [7, 11) is 1.53. The molecule has 6 rings (SSSR count). The van der Waals surface area contributed by atoms with Crippen molar-refractivity contribution in [2.45, 2.75) is 18.9 Å². The van der Waals surface area contributed by atoms with Crippen LogP contribution in [0.5, 0.6) is 5.88 Å². The van der Waals surface area contributed by atoms with E-state index in [9.17, 15) is 14.0 Å². The van der Waals surface area contributed by atoms with Crippen LogP contribution in [-0.2, 0) is 6.42 Å². The van der Waals surface area contributed by atoms with Crippen molar-refractivity contribution in [1.29, 1.82) is 0 Å². The summed E-state index contributed by atoms with van der Waals surface area (Å²) in [5, 5.41) is 0. The lowest BCUT2D eigenvalue weighted by Crippen LogP contribution is -2.54. The average Bonchev–Trinajstić information content (AvgIpc) is 3.28. The third-order valence-corrected chi connectivity index (χ3v) is 7.39. The first-order valence-corrected chi connectivity index (χ1v) is 11.2. The SMILES string of the molecule is COc1ccc2ncc(F)c(CCN3C[C@H]4C[C@H](N5C(=O)c6ccccc6C5=O)[C@H]4C3)c2n1. The normalized spacial score (nSPS) is 24.2. The van der Waals surface area contributed by atoms with Crippen LogP contribution >= 0.6 is 0 Å². The zero-order valence-corrected chi connectivity index (χ0v) is 18.2. The molecule has 2 aliphatic heterocycles. The average molecular weight is 446 g/mol. The van der Waals surface area contributed by atoms with Gasteiger partial charge >= 0.3 is 0 Å². The Hall–Kier alpha value is -3.39. The van der Waals surface area contributed by atoms with E-state index in [2.05, 4.69) is 14.9 Å². The predicted molar refractivity (Wildman–Crippen MR) is 119 cm³/mol. The number of hydrogen-bond acceptors (Lipinski definition) is 6. The number of benzene rings is 1. The number of methoxy groups -OCH3 is 1. The highest BCUT2D eigenvalue weighted by Gasteiger charge is 2.54. The number of fused-ring (bicyclic) bond motifs is 3. The smallest absolute Gasteiger partial charge is 0.261 e. The highest BCUT2D eigenvalue weighted by molar-refractivity contribution is 6.21. The summed E-state index contributed by atoms with van der Waals surface area (Å²) in [4.78, 5) is 38.1. The number of imide groups is 1. The van der Waals surface area contributed by atoms with Crippen molar-refractivity contribution >= 4 is 22.8 Å². The van der Waals surface area contributed by atoms with Gasteiger partial charge in [0.25, 0.3) is 11.8 Å². The molecule has 3 aliphatic rings. The van der Waals surface area contributed by atoms with Crippen molar-refractivity contribution in [3.05, 3.63) is 65.1 Å². The summed E-state index contributed by atoms with van der Waals surface area (Å²) < 4.78 is 19.8. The maximum atomic E-state index is 14.6. The highest BCUT2D eigenvalue weighted by Crippen LogP contribution is 2.45. The Bertz CT molecular complexity index is 1260. The molecule has 2 aromatic heterocycles. The third kappa shape index (κ3) is 3.12. The van der Waals surface area contributed by atoms with Gasteiger partial charge in [-0.2, -0.15) is 0 Å². The summed E-state index contributed by atoms with van der Waals surface area (Å²) >= 11 is 0. The minimum atomic E-state index is -0.366. The largest absolute Gasteiger partial charge is 0.481 e. The number of aromatic nitrogens is 2. The van der Waals surface area contributed by atoms with Gasteiger partial charge in [-0.3, -0.25) is 19.5 Å². The van der Waals surface area contributed by atoms with Gasteiger partial charge in [-0.1, -0.05) is 12.1 Å². The number of carbonyl (C=O) groups is 2. The zero-order valence-electron chi connectivity index (χ0n) is 18.2. The number of pyridine rings is 2. The van der Waals surface area contributed by atoms with Crippen LogP contribution in [0.1, 0.15) is 32.7 Å². The molecule has 2 fully saturated rings. The van der Waals surface area contributed by atoms with Gasteiger partial charge in [0.15, 0.2) is 0 Å². The molecule has 0 bridgehead atoms. The van der Waals surface area contributed by atoms with Crippen molar-refractivity contribution < 1.29 is 18.7 Å². The number of nitrogens with zero attached hydrogens (tertiary/aromatic N) is 4. The fourth-order valence-corrected chi connectivity index (χ4v) is 5.65. The standard InChI is InChI=1S/C25H23FN4O3/c1-33-22-7-6-20-23(28-22)17(19(26)11-27-20)8-9-29-12-14-10-21(18(14)13-29)30-24(31)15-4-2-3-5-16(15)25(30)32/h2-7,11,14,18,21H,8-10,12-13H2,1H3/t14-,18+,21+/m1/s1. The molecule has 7 nitrogen and oxygen atoms in total. The quantitative estimate of drug-likeness (QED) is 0.561. The van der Waals surface area contributed by atoms with Crippen molar-refractivity contribution in [2.24, 2.45) is 11.8 Å². The Balaban J connectivity index is 1.16. The fourth-order valence-electron chi connectivity index (χ4n) is 5.65. The van der Waals surface area contributed by atoms with Crippen LogP contribution in [0.4, 0.5) is 4.39 Å². The summed E-state index contributed by atoms with van der Waals surface area (Å²) in [6.07, 6.45) is 2.58. The van der Waals surface area contributed by atoms with Gasteiger partial charge in [-0.25, -0.2) is 9.37 Å². The molecule has 1 saturated carbocycles. The Labute approximate surface area is 190 Å². The number of amides is 2. The van der Waals surface area contributed by atoms with Crippen LogP contribution in [-0.4, -0.2) is 64.4 Å². The molecule has 0 unspecified atom stereocenters. The van der Waals surface area contributed by atoms with Crippen molar-refractivity contribution in [3.8, 4) is 5.88 Å². The van der Waals surface area contributed by atoms with Gasteiger partial charge in [0, 0.05) is 37.3 Å². The van der Waals surface area contributed by atoms with E-state index in [4.69, 9.17) is 4.74 Å². The summed E-state index contributed by atoms with van der Waals surface area (Å²) in [5.74, 6) is 0.431. The van der Waals surface area contributed by atoms with E-state index < -0.39 is 0 Å². The van der Waals surface area contributed by atoms with Gasteiger partial charge in [0.1, 0.15) is 5.82 Å². The molecule has 3 aromatic rings. The molecule has 1 aliphatic carbocycles. The van der Waals surface area contributed by atoms with E-state index in [1.54, 1.807) is 36.4 Å². The van der Waals surface area contributed by atoms with Crippen LogP contribution in [0.3, 0.4) is 0 Å². The maximum Gasteiger partial charge on any atom is 0.261 e. The van der Waals surface area contributed by atoms with E-state index >= 15 is 0 Å². The van der Waals surface area contributed by atoms with Crippen molar-refractivity contribution in [3.63, 3.8) is 0 Å². The molecular formula is C25H23FN4O3. The first-order chi connectivity index (χ1) is 16.0. The van der Waals surface area contributed by atoms with Crippen LogP contribution in [0.2, 0.25) is 0 Å². The van der Waals surface area contributed by atoms with E-state index in [0.717, 1.165) is 19.5 Å². The fraction of sp³-hybridized carbons (Fsp3) is 0.360. The molecule has 2 amide bonds. The monoisotopic (exact) mass is 446 g/mol. The number of rotatable bonds is 5. The van der Waals surface area contributed by atoms with E-state index in [1.807, 2.05) is 0 Å². The first-order valence-electron chi connectivity index (χ1n) is 11.2. The molecule has 0 radical (unpaired) electrons. The maximum absolute atomic E-state index is 14.6. The summed E-state index contributed by atoms with van der Waals surface area (Å²) in [5.41, 5.74) is 2.71. The Morgan fingerprint density at radius 1 is 1.09 bits per heavy atom. The third-order valence-electron chi connectivity index (χ3n) is 7.39. The second kappa shape index (κ2) is 7.59. The van der Waals surface area contributed by atoms with Crippen LogP contribution < -0.4 is 4.74 Å². The van der Waals surface area contributed by atoms with Gasteiger partial charge in [-0.05, 0) is 42.9 Å². The summed E-state index contributed by atoms with van der Waals surface area (Å²) in [6, 6.07) is 10.5. The highest BCUT2D eigenvalue weighted by atomic mass is 19.1. The van der Waals surface area contributed by atoms with E-state index in [0.29, 0.717) is 52.5 Å². The molecule has 3 atom stereocenters. The van der Waals surface area contributed by atoms with Gasteiger partial charge < -0.3 is 9.64 Å². The van der Waals surface area contributed by atoms with Crippen LogP contribution in [0, 0.1) is 17.7 Å². The molecule has 1 aromatic carbocycles. The predicted octanol–water partition coefficient (Wildman–Crippen LogP) is 2.94. The Morgan fingerprint density at radius 3 is 2.58 bits per heavy atom. The number of likely N-dealkylation sites (tertiary alicyclic amines) is 1. The Kier molecular flexibility index (Phi) is 4.65. The number of halogens is 1. The molecular weight excluding hydrogens is 423 g/mol. The van der Waals surface area contributed by atoms with Crippen LogP contribution in [0.25, 0.3) is 11.0 Å². The molecule has 1 saturated heterocycles. The number of ether oxygens (including phenoxy) is 1. The molecule has 33 heavy (non-hydrogen) atoms. The second-order valence-electron chi connectivity index (χ2n) is 9.07. The second-order valence-corrected chi connectivity index (χ2v) is 9.07. The lowest BCUT2D eigenvalue weighted by Gasteiger charge is -2.43. The topological polar surface area (TPSA) is 75.6 Å². The van der Waals surface area contributed by atoms with Crippen LogP contribution in [0.15, 0.2) is 42.6 Å².